The molecule has 0 aliphatic carbocycles. The molecule has 18 heavy (non-hydrogen) atoms. The summed E-state index contributed by atoms with van der Waals surface area (Å²) in [6.45, 7) is 0. The number of hydrogen-bond donors (Lipinski definition) is 0. The predicted molar refractivity (Wildman–Crippen MR) is 78.5 cm³/mol. The fourth-order valence-electron chi connectivity index (χ4n) is 1.11. The second-order valence-electron chi connectivity index (χ2n) is 4.22. The molecule has 0 saturated carbocycles. The molecule has 2 aromatic carbocycles. The fraction of sp³-hybridized carbons (Fsp3) is 0.200. The Labute approximate surface area is 120 Å². The van der Waals surface area contributed by atoms with E-state index in [1.807, 2.05) is 62.4 Å². The normalized spacial score (nSPS) is 9.56. The summed E-state index contributed by atoms with van der Waals surface area (Å²) in [5.41, 5.74) is 0. The van der Waals surface area contributed by atoms with E-state index in [1.165, 1.54) is 3.58 Å². The molecule has 0 heterocycles. The van der Waals surface area contributed by atoms with Crippen molar-refractivity contribution in [1.29, 1.82) is 0 Å². The number of nitrogens with zero attached hydrogens (tertiary/aromatic N) is 1. The van der Waals surface area contributed by atoms with Gasteiger partial charge in [0, 0.05) is 0 Å². The van der Waals surface area contributed by atoms with Gasteiger partial charge in [-0.1, -0.05) is 0 Å². The number of hydrogen-bond acceptors (Lipinski definition) is 2. The summed E-state index contributed by atoms with van der Waals surface area (Å²) >= 11 is -0.887. The molecule has 0 unspecified atom stereocenters. The van der Waals surface area contributed by atoms with Crippen molar-refractivity contribution in [1.82, 2.24) is 4.90 Å². The van der Waals surface area contributed by atoms with E-state index in [4.69, 9.17) is 3.07 Å². The molecule has 0 saturated heterocycles. The summed E-state index contributed by atoms with van der Waals surface area (Å²) in [6, 6.07) is 20.4. The van der Waals surface area contributed by atoms with Crippen LogP contribution in [0.1, 0.15) is 0 Å². The molecule has 0 aliphatic rings. The molecule has 0 amide bonds. The minimum absolute atomic E-state index is 0.887. The summed E-state index contributed by atoms with van der Waals surface area (Å²) in [5.74, 6) is 0.989. The van der Waals surface area contributed by atoms with Crippen molar-refractivity contribution >= 4 is 25.1 Å². The van der Waals surface area contributed by atoms with Crippen LogP contribution < -0.4 is 6.65 Å². The third kappa shape index (κ3) is 7.35. The van der Waals surface area contributed by atoms with E-state index in [0.717, 1.165) is 5.75 Å². The Bertz CT molecular complexity index is 375. The SMILES string of the molecule is CN(C)C.c1ccc([O][Sn][c]2ccccc2)cc1. The average molecular weight is 348 g/mol. The van der Waals surface area contributed by atoms with E-state index in [2.05, 4.69) is 24.3 Å². The van der Waals surface area contributed by atoms with Crippen LogP contribution in [0.2, 0.25) is 0 Å². The predicted octanol–water partition coefficient (Wildman–Crippen LogP) is 2.19. The van der Waals surface area contributed by atoms with Gasteiger partial charge in [-0.15, -0.1) is 0 Å². The third-order valence-corrected chi connectivity index (χ3v) is 4.39. The molecule has 0 atom stereocenters. The van der Waals surface area contributed by atoms with Crippen LogP contribution in [0.15, 0.2) is 60.7 Å². The number of rotatable bonds is 3. The Morgan fingerprint density at radius 3 is 1.72 bits per heavy atom. The molecule has 3 heteroatoms. The van der Waals surface area contributed by atoms with Gasteiger partial charge >= 0.3 is 94.6 Å². The van der Waals surface area contributed by atoms with E-state index in [9.17, 15) is 0 Å². The van der Waals surface area contributed by atoms with Gasteiger partial charge in [0.2, 0.25) is 0 Å². The van der Waals surface area contributed by atoms with Crippen LogP contribution in [-0.4, -0.2) is 47.6 Å². The number of para-hydroxylation sites is 1. The molecule has 2 rings (SSSR count). The van der Waals surface area contributed by atoms with Crippen molar-refractivity contribution < 1.29 is 3.07 Å². The molecule has 0 aromatic heterocycles. The third-order valence-electron chi connectivity index (χ3n) is 1.80. The van der Waals surface area contributed by atoms with Gasteiger partial charge in [0.05, 0.1) is 0 Å². The van der Waals surface area contributed by atoms with Crippen molar-refractivity contribution in [3.05, 3.63) is 60.7 Å². The monoisotopic (exact) mass is 349 g/mol. The van der Waals surface area contributed by atoms with E-state index >= 15 is 0 Å². The van der Waals surface area contributed by atoms with E-state index in [0.29, 0.717) is 0 Å². The van der Waals surface area contributed by atoms with Gasteiger partial charge in [-0.3, -0.25) is 0 Å². The molecule has 0 N–H and O–H groups in total. The first-order valence-corrected chi connectivity index (χ1v) is 8.41. The van der Waals surface area contributed by atoms with E-state index < -0.39 is 21.6 Å². The Balaban J connectivity index is 0.000000357. The first-order valence-electron chi connectivity index (χ1n) is 5.82. The quantitative estimate of drug-likeness (QED) is 0.789. The van der Waals surface area contributed by atoms with Gasteiger partial charge in [-0.2, -0.15) is 0 Å². The number of benzene rings is 2. The van der Waals surface area contributed by atoms with Crippen molar-refractivity contribution in [2.75, 3.05) is 21.1 Å². The van der Waals surface area contributed by atoms with Gasteiger partial charge < -0.3 is 4.90 Å². The molecular weight excluding hydrogens is 329 g/mol. The molecule has 0 aliphatic heterocycles. The first kappa shape index (κ1) is 15.1. The van der Waals surface area contributed by atoms with Crippen LogP contribution in [0.4, 0.5) is 0 Å². The molecule has 0 spiro atoms. The van der Waals surface area contributed by atoms with Crippen LogP contribution in [0.3, 0.4) is 0 Å². The summed E-state index contributed by atoms with van der Waals surface area (Å²) in [5, 5.41) is 0. The molecule has 2 aromatic rings. The standard InChI is InChI=1S/C6H6O.C6H5.C3H9N.Sn/c7-6-4-2-1-3-5-6;1-2-4-6-5-3-1;1-4(2)3;/h1-5,7H;1-5H;1-3H3;/q;;;+1/p-1. The molecule has 2 nitrogen and oxygen atoms in total. The fourth-order valence-corrected chi connectivity index (χ4v) is 3.11. The Hall–Kier alpha value is -1.00. The summed E-state index contributed by atoms with van der Waals surface area (Å²) in [6.07, 6.45) is 0. The second kappa shape index (κ2) is 9.00. The van der Waals surface area contributed by atoms with Crippen LogP contribution in [0.5, 0.6) is 5.75 Å². The van der Waals surface area contributed by atoms with Crippen molar-refractivity contribution in [3.8, 4) is 5.75 Å². The second-order valence-corrected chi connectivity index (χ2v) is 7.04. The summed E-state index contributed by atoms with van der Waals surface area (Å²) < 4.78 is 7.12. The Morgan fingerprint density at radius 1 is 0.778 bits per heavy atom. The zero-order valence-corrected chi connectivity index (χ0v) is 14.0. The Kier molecular flexibility index (Phi) is 7.53. The molecule has 2 radical (unpaired) electrons. The first-order chi connectivity index (χ1) is 8.68. The zero-order valence-electron chi connectivity index (χ0n) is 11.1. The molecular formula is C15H19NOSn. The van der Waals surface area contributed by atoms with Gasteiger partial charge in [0.1, 0.15) is 0 Å². The topological polar surface area (TPSA) is 12.5 Å². The van der Waals surface area contributed by atoms with Crippen LogP contribution in [0.25, 0.3) is 0 Å². The maximum atomic E-state index is 5.76. The van der Waals surface area contributed by atoms with Crippen LogP contribution >= 0.6 is 0 Å². The summed E-state index contributed by atoms with van der Waals surface area (Å²) in [4.78, 5) is 2.00. The van der Waals surface area contributed by atoms with Gasteiger partial charge in [-0.05, 0) is 21.1 Å². The van der Waals surface area contributed by atoms with Crippen molar-refractivity contribution in [3.63, 3.8) is 0 Å². The molecule has 0 bridgehead atoms. The van der Waals surface area contributed by atoms with Gasteiger partial charge in [-0.25, -0.2) is 0 Å². The van der Waals surface area contributed by atoms with Gasteiger partial charge in [0.15, 0.2) is 0 Å². The van der Waals surface area contributed by atoms with Crippen LogP contribution in [-0.2, 0) is 0 Å². The van der Waals surface area contributed by atoms with Gasteiger partial charge in [0.25, 0.3) is 0 Å². The van der Waals surface area contributed by atoms with Crippen molar-refractivity contribution in [2.24, 2.45) is 0 Å². The maximum absolute atomic E-state index is 5.76. The molecule has 0 fully saturated rings. The Morgan fingerprint density at radius 2 is 1.22 bits per heavy atom. The van der Waals surface area contributed by atoms with Crippen molar-refractivity contribution in [2.45, 2.75) is 0 Å². The minimum atomic E-state index is -0.887. The van der Waals surface area contributed by atoms with Crippen LogP contribution in [0, 0.1) is 0 Å². The zero-order chi connectivity index (χ0) is 13.2. The summed E-state index contributed by atoms with van der Waals surface area (Å²) in [7, 11) is 6.00. The van der Waals surface area contributed by atoms with E-state index in [-0.39, 0.29) is 0 Å². The molecule has 94 valence electrons. The average Bonchev–Trinajstić information content (AvgIpc) is 2.38. The van der Waals surface area contributed by atoms with E-state index in [1.54, 1.807) is 0 Å².